The predicted molar refractivity (Wildman–Crippen MR) is 122 cm³/mol. The van der Waals surface area contributed by atoms with Crippen molar-refractivity contribution in [3.8, 4) is 0 Å². The number of benzene rings is 1. The van der Waals surface area contributed by atoms with Gasteiger partial charge in [-0.05, 0) is 57.4 Å². The van der Waals surface area contributed by atoms with Crippen LogP contribution in [0, 0.1) is 27.7 Å². The van der Waals surface area contributed by atoms with Crippen LogP contribution in [0.25, 0.3) is 0 Å². The first-order valence-electron chi connectivity index (χ1n) is 11.2. The van der Waals surface area contributed by atoms with Crippen LogP contribution >= 0.6 is 0 Å². The maximum Gasteiger partial charge on any atom is 0.224 e. The van der Waals surface area contributed by atoms with Crippen LogP contribution in [0.5, 0.6) is 0 Å². The Morgan fingerprint density at radius 2 is 1.84 bits per heavy atom. The minimum Gasteiger partial charge on any atom is -0.368 e. The lowest BCUT2D eigenvalue weighted by atomic mass is 10.0. The third-order valence-electron chi connectivity index (χ3n) is 5.81. The summed E-state index contributed by atoms with van der Waals surface area (Å²) >= 11 is 0. The zero-order chi connectivity index (χ0) is 22.7. The second kappa shape index (κ2) is 9.61. The molecule has 32 heavy (non-hydrogen) atoms. The topological polar surface area (TPSA) is 73.1 Å². The first-order valence-corrected chi connectivity index (χ1v) is 11.2. The number of nitrogens with zero attached hydrogens (tertiary/aromatic N) is 5. The van der Waals surface area contributed by atoms with Crippen molar-refractivity contribution in [2.75, 3.05) is 19.7 Å². The summed E-state index contributed by atoms with van der Waals surface area (Å²) in [5.41, 5.74) is 5.60. The molecule has 2 aromatic heterocycles. The van der Waals surface area contributed by atoms with Gasteiger partial charge in [0, 0.05) is 18.7 Å². The highest BCUT2D eigenvalue weighted by Gasteiger charge is 2.26. The predicted octanol–water partition coefficient (Wildman–Crippen LogP) is 3.49. The van der Waals surface area contributed by atoms with E-state index in [1.807, 2.05) is 25.7 Å². The van der Waals surface area contributed by atoms with Gasteiger partial charge in [-0.3, -0.25) is 9.78 Å². The SMILES string of the molecule is Cc1ccc(Cc2cc(C)nc([C@H]3CN(C(=O)CCn4nc(C)nc4C)CCO3)c2)cc1. The molecule has 0 radical (unpaired) electrons. The molecule has 1 aromatic carbocycles. The van der Waals surface area contributed by atoms with Crippen LogP contribution < -0.4 is 0 Å². The van der Waals surface area contributed by atoms with E-state index in [0.29, 0.717) is 32.7 Å². The number of hydrogen-bond donors (Lipinski definition) is 0. The van der Waals surface area contributed by atoms with Gasteiger partial charge in [0.2, 0.25) is 5.91 Å². The van der Waals surface area contributed by atoms with Crippen molar-refractivity contribution in [2.45, 2.75) is 53.2 Å². The third-order valence-corrected chi connectivity index (χ3v) is 5.81. The Kier molecular flexibility index (Phi) is 6.65. The fraction of sp³-hybridized carbons (Fsp3) is 0.440. The molecule has 168 valence electrons. The molecular formula is C25H31N5O2. The lowest BCUT2D eigenvalue weighted by molar-refractivity contribution is -0.139. The van der Waals surface area contributed by atoms with E-state index in [1.165, 1.54) is 16.7 Å². The molecule has 4 rings (SSSR count). The number of morpholine rings is 1. The standard InChI is InChI=1S/C25H31N5O2/c1-17-5-7-21(8-6-17)14-22-13-18(2)26-23(15-22)24-16-29(11-12-32-24)25(31)9-10-30-20(4)27-19(3)28-30/h5-8,13,15,24H,9-12,14,16H2,1-4H3/t24-/m1/s1. The van der Waals surface area contributed by atoms with E-state index in [0.717, 1.165) is 29.5 Å². The molecule has 1 saturated heterocycles. The molecule has 0 aliphatic carbocycles. The molecule has 0 unspecified atom stereocenters. The number of hydrogen-bond acceptors (Lipinski definition) is 5. The summed E-state index contributed by atoms with van der Waals surface area (Å²) in [5.74, 6) is 1.67. The molecule has 3 aromatic rings. The van der Waals surface area contributed by atoms with E-state index in [9.17, 15) is 4.79 Å². The van der Waals surface area contributed by atoms with E-state index in [-0.39, 0.29) is 12.0 Å². The average molecular weight is 434 g/mol. The Morgan fingerprint density at radius 1 is 1.06 bits per heavy atom. The first kappa shape index (κ1) is 22.1. The summed E-state index contributed by atoms with van der Waals surface area (Å²) in [5, 5.41) is 4.35. The molecule has 3 heterocycles. The second-order valence-corrected chi connectivity index (χ2v) is 8.58. The van der Waals surface area contributed by atoms with Crippen molar-refractivity contribution < 1.29 is 9.53 Å². The normalized spacial score (nSPS) is 16.4. The Bertz CT molecular complexity index is 1090. The first-order chi connectivity index (χ1) is 15.4. The van der Waals surface area contributed by atoms with Gasteiger partial charge < -0.3 is 9.64 Å². The number of rotatable bonds is 6. The zero-order valence-corrected chi connectivity index (χ0v) is 19.3. The molecule has 7 nitrogen and oxygen atoms in total. The van der Waals surface area contributed by atoms with Gasteiger partial charge >= 0.3 is 0 Å². The Labute approximate surface area is 189 Å². The van der Waals surface area contributed by atoms with Crippen LogP contribution in [-0.2, 0) is 22.5 Å². The number of aromatic nitrogens is 4. The Balaban J connectivity index is 1.42. The van der Waals surface area contributed by atoms with Crippen molar-refractivity contribution in [1.29, 1.82) is 0 Å². The molecule has 0 N–H and O–H groups in total. The minimum absolute atomic E-state index is 0.110. The van der Waals surface area contributed by atoms with Gasteiger partial charge in [0.25, 0.3) is 0 Å². The maximum atomic E-state index is 12.9. The molecule has 1 aliphatic rings. The molecular weight excluding hydrogens is 402 g/mol. The van der Waals surface area contributed by atoms with Crippen molar-refractivity contribution >= 4 is 5.91 Å². The summed E-state index contributed by atoms with van der Waals surface area (Å²) < 4.78 is 7.82. The molecule has 1 amide bonds. The summed E-state index contributed by atoms with van der Waals surface area (Å²) in [6.07, 6.45) is 1.04. The largest absolute Gasteiger partial charge is 0.368 e. The highest BCUT2D eigenvalue weighted by molar-refractivity contribution is 5.76. The van der Waals surface area contributed by atoms with Crippen molar-refractivity contribution in [2.24, 2.45) is 0 Å². The fourth-order valence-corrected chi connectivity index (χ4v) is 4.16. The van der Waals surface area contributed by atoms with Crippen molar-refractivity contribution in [3.05, 3.63) is 76.1 Å². The summed E-state index contributed by atoms with van der Waals surface area (Å²) in [6.45, 7) is 10.1. The van der Waals surface area contributed by atoms with Gasteiger partial charge in [-0.15, -0.1) is 0 Å². The van der Waals surface area contributed by atoms with Crippen LogP contribution in [0.1, 0.15) is 52.3 Å². The van der Waals surface area contributed by atoms with Crippen molar-refractivity contribution in [3.63, 3.8) is 0 Å². The monoisotopic (exact) mass is 433 g/mol. The van der Waals surface area contributed by atoms with E-state index in [1.54, 1.807) is 4.68 Å². The number of carbonyl (C=O) groups excluding carboxylic acids is 1. The molecule has 0 spiro atoms. The van der Waals surface area contributed by atoms with Crippen LogP contribution in [0.4, 0.5) is 0 Å². The zero-order valence-electron chi connectivity index (χ0n) is 19.3. The molecule has 1 aliphatic heterocycles. The third kappa shape index (κ3) is 5.40. The van der Waals surface area contributed by atoms with Gasteiger partial charge in [0.15, 0.2) is 0 Å². The summed E-state index contributed by atoms with van der Waals surface area (Å²) in [6, 6.07) is 12.9. The van der Waals surface area contributed by atoms with Crippen LogP contribution in [0.2, 0.25) is 0 Å². The van der Waals surface area contributed by atoms with Crippen molar-refractivity contribution in [1.82, 2.24) is 24.6 Å². The van der Waals surface area contributed by atoms with E-state index < -0.39 is 0 Å². The van der Waals surface area contributed by atoms with E-state index in [4.69, 9.17) is 9.72 Å². The lowest BCUT2D eigenvalue weighted by Crippen LogP contribution is -2.42. The summed E-state index contributed by atoms with van der Waals surface area (Å²) in [4.78, 5) is 23.8. The Morgan fingerprint density at radius 3 is 2.56 bits per heavy atom. The smallest absolute Gasteiger partial charge is 0.224 e. The minimum atomic E-state index is -0.209. The quantitative estimate of drug-likeness (QED) is 0.595. The van der Waals surface area contributed by atoms with Gasteiger partial charge in [-0.1, -0.05) is 29.8 Å². The van der Waals surface area contributed by atoms with Crippen LogP contribution in [0.3, 0.4) is 0 Å². The maximum absolute atomic E-state index is 12.9. The van der Waals surface area contributed by atoms with Crippen LogP contribution in [-0.4, -0.2) is 50.3 Å². The summed E-state index contributed by atoms with van der Waals surface area (Å²) in [7, 11) is 0. The number of amides is 1. The fourth-order valence-electron chi connectivity index (χ4n) is 4.16. The highest BCUT2D eigenvalue weighted by atomic mass is 16.5. The average Bonchev–Trinajstić information content (AvgIpc) is 3.10. The number of ether oxygens (including phenoxy) is 1. The van der Waals surface area contributed by atoms with Crippen LogP contribution in [0.15, 0.2) is 36.4 Å². The van der Waals surface area contributed by atoms with Gasteiger partial charge in [-0.2, -0.15) is 5.10 Å². The van der Waals surface area contributed by atoms with E-state index >= 15 is 0 Å². The Hall–Kier alpha value is -3.06. The number of carbonyl (C=O) groups is 1. The molecule has 1 fully saturated rings. The van der Waals surface area contributed by atoms with E-state index in [2.05, 4.69) is 53.4 Å². The molecule has 0 saturated carbocycles. The number of pyridine rings is 1. The molecule has 0 bridgehead atoms. The highest BCUT2D eigenvalue weighted by Crippen LogP contribution is 2.24. The van der Waals surface area contributed by atoms with Gasteiger partial charge in [-0.25, -0.2) is 9.67 Å². The molecule has 7 heteroatoms. The number of aryl methyl sites for hydroxylation is 5. The van der Waals surface area contributed by atoms with Gasteiger partial charge in [0.05, 0.1) is 25.4 Å². The lowest BCUT2D eigenvalue weighted by Gasteiger charge is -2.33. The second-order valence-electron chi connectivity index (χ2n) is 8.58. The molecule has 1 atom stereocenters. The van der Waals surface area contributed by atoms with Gasteiger partial charge in [0.1, 0.15) is 17.8 Å².